The Morgan fingerprint density at radius 3 is 2.67 bits per heavy atom. The van der Waals surface area contributed by atoms with Gasteiger partial charge in [0, 0.05) is 4.11 Å². The largest absolute Gasteiger partial charge is 0.288 e. The van der Waals surface area contributed by atoms with E-state index in [9.17, 15) is 10.1 Å². The van der Waals surface area contributed by atoms with Gasteiger partial charge < -0.3 is 0 Å². The molecule has 1 aliphatic rings. The zero-order valence-electron chi connectivity index (χ0n) is 15.2. The zero-order valence-corrected chi connectivity index (χ0v) is 12.2. The lowest BCUT2D eigenvalue weighted by atomic mass is 9.83. The van der Waals surface area contributed by atoms with Crippen LogP contribution in [-0.4, -0.2) is 11.2 Å². The Morgan fingerprint density at radius 2 is 2.10 bits per heavy atom. The summed E-state index contributed by atoms with van der Waals surface area (Å²) in [6.45, 7) is 1.41. The highest BCUT2D eigenvalue weighted by molar-refractivity contribution is 5.52. The van der Waals surface area contributed by atoms with Crippen LogP contribution in [-0.2, 0) is 0 Å². The van der Waals surface area contributed by atoms with E-state index in [4.69, 9.17) is 4.11 Å². The molecule has 0 bridgehead atoms. The zero-order chi connectivity index (χ0) is 17.7. The minimum absolute atomic E-state index is 0.0353. The van der Waals surface area contributed by atoms with Gasteiger partial charge in [-0.2, -0.15) is 0 Å². The third kappa shape index (κ3) is 4.14. The topological polar surface area (TPSA) is 52.9 Å². The van der Waals surface area contributed by atoms with Gasteiger partial charge in [-0.15, -0.1) is 4.91 Å². The maximum Gasteiger partial charge on any atom is 0.108 e. The fraction of sp³-hybridized carbons (Fsp3) is 0.529. The van der Waals surface area contributed by atoms with Crippen molar-refractivity contribution in [3.05, 3.63) is 41.3 Å². The molecule has 1 aromatic carbocycles. The molecule has 1 N–H and O–H groups in total. The van der Waals surface area contributed by atoms with E-state index in [2.05, 4.69) is 11.8 Å². The lowest BCUT2D eigenvalue weighted by Gasteiger charge is -2.32. The normalized spacial score (nSPS) is 20.0. The molecule has 4 heteroatoms. The summed E-state index contributed by atoms with van der Waals surface area (Å²) in [7, 11) is 0. The predicted octanol–water partition coefficient (Wildman–Crippen LogP) is 5.20. The quantitative estimate of drug-likeness (QED) is 0.445. The number of hydroxylamine groups is 1. The van der Waals surface area contributed by atoms with Crippen molar-refractivity contribution in [3.8, 4) is 0 Å². The molecule has 0 saturated heterocycles. The molecular formula is C17H24N2O2. The van der Waals surface area contributed by atoms with Gasteiger partial charge >= 0.3 is 0 Å². The highest BCUT2D eigenvalue weighted by atomic mass is 16.5. The molecule has 1 aliphatic carbocycles. The summed E-state index contributed by atoms with van der Waals surface area (Å²) in [6, 6.07) is 5.40. The summed E-state index contributed by atoms with van der Waals surface area (Å²) in [5.41, 5.74) is 0.715. The minimum atomic E-state index is -2.33. The van der Waals surface area contributed by atoms with E-state index in [1.807, 2.05) is 0 Å². The molecule has 1 atom stereocenters. The molecule has 0 spiro atoms. The van der Waals surface area contributed by atoms with Gasteiger partial charge in [0.1, 0.15) is 5.69 Å². The number of hydrogen-bond donors (Lipinski definition) is 1. The summed E-state index contributed by atoms with van der Waals surface area (Å²) in [5.74, 6) is 0.383. The Bertz CT molecular complexity index is 566. The molecule has 114 valence electrons. The van der Waals surface area contributed by atoms with E-state index >= 15 is 0 Å². The van der Waals surface area contributed by atoms with Crippen LogP contribution < -0.4 is 5.06 Å². The van der Waals surface area contributed by atoms with Crippen LogP contribution in [0.15, 0.2) is 41.6 Å². The van der Waals surface area contributed by atoms with Crippen molar-refractivity contribution in [1.29, 1.82) is 0 Å². The van der Waals surface area contributed by atoms with E-state index in [1.165, 1.54) is 18.6 Å². The van der Waals surface area contributed by atoms with Gasteiger partial charge in [0.25, 0.3) is 0 Å². The second-order valence-corrected chi connectivity index (χ2v) is 5.73. The summed E-state index contributed by atoms with van der Waals surface area (Å²) in [4.78, 5) is 10.5. The molecule has 0 aliphatic heterocycles. The van der Waals surface area contributed by atoms with Crippen molar-refractivity contribution in [3.63, 3.8) is 0 Å². The average Bonchev–Trinajstić information content (AvgIpc) is 2.58. The molecule has 21 heavy (non-hydrogen) atoms. The first-order valence-corrected chi connectivity index (χ1v) is 7.43. The summed E-state index contributed by atoms with van der Waals surface area (Å²) < 4.78 is 22.9. The summed E-state index contributed by atoms with van der Waals surface area (Å²) in [6.07, 6.45) is 6.15. The second kappa shape index (κ2) is 7.36. The Kier molecular flexibility index (Phi) is 4.18. The van der Waals surface area contributed by atoms with Gasteiger partial charge in [-0.3, -0.25) is 5.21 Å². The predicted molar refractivity (Wildman–Crippen MR) is 86.0 cm³/mol. The maximum absolute atomic E-state index is 10.6. The average molecular weight is 291 g/mol. The molecule has 0 heterocycles. The van der Waals surface area contributed by atoms with Crippen molar-refractivity contribution in [2.45, 2.75) is 51.4 Å². The summed E-state index contributed by atoms with van der Waals surface area (Å²) >= 11 is 0. The molecule has 0 aromatic heterocycles. The van der Waals surface area contributed by atoms with Gasteiger partial charge in [-0.1, -0.05) is 44.3 Å². The van der Waals surface area contributed by atoms with Gasteiger partial charge in [0.15, 0.2) is 0 Å². The van der Waals surface area contributed by atoms with Crippen molar-refractivity contribution in [2.75, 3.05) is 5.06 Å². The first-order chi connectivity index (χ1) is 11.3. The van der Waals surface area contributed by atoms with Gasteiger partial charge in [-0.05, 0) is 48.6 Å². The van der Waals surface area contributed by atoms with Crippen molar-refractivity contribution >= 4 is 11.4 Å². The number of anilines is 1. The van der Waals surface area contributed by atoms with Crippen LogP contribution >= 0.6 is 0 Å². The lowest BCUT2D eigenvalue weighted by Crippen LogP contribution is -2.35. The molecular weight excluding hydrogens is 264 g/mol. The standard InChI is InChI=1S/C17H24N2O2/c1-13(2)17(12-14-6-4-3-5-7-14)19(21)16-10-8-15(18-20)9-11-16/h8-11,14,17,21H,1,3-7,12H2,2H3/i2D3. The minimum Gasteiger partial charge on any atom is -0.288 e. The monoisotopic (exact) mass is 291 g/mol. The molecule has 1 fully saturated rings. The van der Waals surface area contributed by atoms with Crippen LogP contribution in [0.4, 0.5) is 11.4 Å². The van der Waals surface area contributed by atoms with Crippen LogP contribution in [0.1, 0.15) is 49.5 Å². The van der Waals surface area contributed by atoms with E-state index in [1.54, 1.807) is 12.1 Å². The smallest absolute Gasteiger partial charge is 0.108 e. The van der Waals surface area contributed by atoms with E-state index in [-0.39, 0.29) is 11.3 Å². The van der Waals surface area contributed by atoms with Gasteiger partial charge in [0.05, 0.1) is 11.7 Å². The number of nitrogens with zero attached hydrogens (tertiary/aromatic N) is 2. The molecule has 0 radical (unpaired) electrons. The second-order valence-electron chi connectivity index (χ2n) is 5.73. The highest BCUT2D eigenvalue weighted by Crippen LogP contribution is 2.31. The van der Waals surface area contributed by atoms with Crippen LogP contribution in [0.5, 0.6) is 0 Å². The molecule has 4 nitrogen and oxygen atoms in total. The first-order valence-electron chi connectivity index (χ1n) is 8.93. The molecule has 1 saturated carbocycles. The van der Waals surface area contributed by atoms with E-state index < -0.39 is 12.9 Å². The lowest BCUT2D eigenvalue weighted by molar-refractivity contribution is 0.201. The maximum atomic E-state index is 10.6. The highest BCUT2D eigenvalue weighted by Gasteiger charge is 2.24. The van der Waals surface area contributed by atoms with Crippen LogP contribution in [0, 0.1) is 10.8 Å². The Morgan fingerprint density at radius 1 is 1.43 bits per heavy atom. The third-order valence-electron chi connectivity index (χ3n) is 4.20. The van der Waals surface area contributed by atoms with Gasteiger partial charge in [0.2, 0.25) is 0 Å². The number of hydrogen-bond acceptors (Lipinski definition) is 4. The van der Waals surface area contributed by atoms with Crippen LogP contribution in [0.3, 0.4) is 0 Å². The van der Waals surface area contributed by atoms with E-state index in [0.717, 1.165) is 30.7 Å². The van der Waals surface area contributed by atoms with Gasteiger partial charge in [-0.25, -0.2) is 5.06 Å². The molecule has 1 unspecified atom stereocenters. The SMILES string of the molecule is [2H]C([2H])([2H])C(=C)C(CC1CCCCC1)N(O)c1ccc(N=O)cc1. The molecule has 2 rings (SSSR count). The number of benzene rings is 1. The fourth-order valence-electron chi connectivity index (χ4n) is 2.97. The Labute approximate surface area is 130 Å². The number of rotatable bonds is 6. The molecule has 0 amide bonds. The Balaban J connectivity index is 2.21. The van der Waals surface area contributed by atoms with Crippen LogP contribution in [0.25, 0.3) is 0 Å². The third-order valence-corrected chi connectivity index (χ3v) is 4.20. The van der Waals surface area contributed by atoms with Crippen molar-refractivity contribution in [2.24, 2.45) is 11.1 Å². The Hall–Kier alpha value is -1.68. The fourth-order valence-corrected chi connectivity index (χ4v) is 2.97. The van der Waals surface area contributed by atoms with Crippen molar-refractivity contribution < 1.29 is 9.32 Å². The molecule has 1 aromatic rings. The van der Waals surface area contributed by atoms with Crippen molar-refractivity contribution in [1.82, 2.24) is 0 Å². The first kappa shape index (κ1) is 11.9. The number of nitroso groups, excluding NO2 is 1. The summed E-state index contributed by atoms with van der Waals surface area (Å²) in [5, 5.41) is 14.4. The van der Waals surface area contributed by atoms with Crippen LogP contribution in [0.2, 0.25) is 0 Å². The van der Waals surface area contributed by atoms with E-state index in [0.29, 0.717) is 18.0 Å².